The number of hydrogen-bond donors (Lipinski definition) is 3. The molecule has 0 bridgehead atoms. The highest BCUT2D eigenvalue weighted by Crippen LogP contribution is 2.20. The molecule has 0 aliphatic rings. The van der Waals surface area contributed by atoms with Gasteiger partial charge >= 0.3 is 0 Å². The molecule has 0 spiro atoms. The third-order valence-corrected chi connectivity index (χ3v) is 3.09. The first-order valence-corrected chi connectivity index (χ1v) is 6.45. The zero-order valence-electron chi connectivity index (χ0n) is 11.7. The van der Waals surface area contributed by atoms with Gasteiger partial charge in [0.2, 0.25) is 5.91 Å². The van der Waals surface area contributed by atoms with Gasteiger partial charge in [-0.15, -0.1) is 0 Å². The number of nitrogens with one attached hydrogen (secondary N) is 2. The van der Waals surface area contributed by atoms with Gasteiger partial charge in [0, 0.05) is 19.2 Å². The van der Waals surface area contributed by atoms with Crippen molar-refractivity contribution in [3.63, 3.8) is 0 Å². The third-order valence-electron chi connectivity index (χ3n) is 3.09. The molecular weight excluding hydrogens is 245 g/mol. The van der Waals surface area contributed by atoms with Crippen molar-refractivity contribution < 1.29 is 9.18 Å². The molecule has 1 unspecified atom stereocenters. The second kappa shape index (κ2) is 7.09. The van der Waals surface area contributed by atoms with Crippen molar-refractivity contribution in [1.82, 2.24) is 0 Å². The number of carbonyl (C=O) groups excluding carboxylic acids is 1. The summed E-state index contributed by atoms with van der Waals surface area (Å²) in [4.78, 5) is 11.0. The molecular formula is C14H22FN3O. The summed E-state index contributed by atoms with van der Waals surface area (Å²) in [6.45, 7) is 6.91. The van der Waals surface area contributed by atoms with Crippen LogP contribution in [0.1, 0.15) is 20.8 Å². The zero-order valence-corrected chi connectivity index (χ0v) is 11.7. The van der Waals surface area contributed by atoms with E-state index in [2.05, 4.69) is 24.5 Å². The molecule has 0 saturated carbocycles. The van der Waals surface area contributed by atoms with E-state index in [4.69, 9.17) is 5.73 Å². The van der Waals surface area contributed by atoms with Crippen molar-refractivity contribution in [2.45, 2.75) is 20.8 Å². The predicted molar refractivity (Wildman–Crippen MR) is 76.6 cm³/mol. The normalized spacial score (nSPS) is 12.3. The molecule has 19 heavy (non-hydrogen) atoms. The minimum Gasteiger partial charge on any atom is -0.385 e. The Bertz CT molecular complexity index is 435. The van der Waals surface area contributed by atoms with Gasteiger partial charge in [-0.2, -0.15) is 0 Å². The minimum atomic E-state index is -0.444. The van der Waals surface area contributed by atoms with E-state index in [1.807, 2.05) is 0 Å². The van der Waals surface area contributed by atoms with Gasteiger partial charge in [0.1, 0.15) is 5.82 Å². The fraction of sp³-hybridized carbons (Fsp3) is 0.500. The number of nitrogens with two attached hydrogens (primary N) is 1. The molecule has 0 aliphatic carbocycles. The van der Waals surface area contributed by atoms with Gasteiger partial charge in [0.25, 0.3) is 0 Å². The molecule has 0 aromatic heterocycles. The second-order valence-corrected chi connectivity index (χ2v) is 5.00. The summed E-state index contributed by atoms with van der Waals surface area (Å²) in [5.41, 5.74) is 6.66. The molecule has 4 nitrogen and oxygen atoms in total. The molecule has 1 rings (SSSR count). The lowest BCUT2D eigenvalue weighted by Crippen LogP contribution is -2.27. The van der Waals surface area contributed by atoms with Gasteiger partial charge in [-0.05, 0) is 36.6 Å². The summed E-state index contributed by atoms with van der Waals surface area (Å²) in [5.74, 6) is 0.0973. The van der Waals surface area contributed by atoms with Gasteiger partial charge in [0.15, 0.2) is 0 Å². The first-order chi connectivity index (χ1) is 8.93. The summed E-state index contributed by atoms with van der Waals surface area (Å²) in [6, 6.07) is 4.57. The van der Waals surface area contributed by atoms with Crippen molar-refractivity contribution >= 4 is 17.3 Å². The smallest absolute Gasteiger partial charge is 0.221 e. The first-order valence-electron chi connectivity index (χ1n) is 6.45. The SMILES string of the molecule is CC(=O)Nc1cc(NCC(CN)C(C)C)ccc1F. The average molecular weight is 267 g/mol. The molecule has 1 amide bonds. The highest BCUT2D eigenvalue weighted by Gasteiger charge is 2.11. The monoisotopic (exact) mass is 267 g/mol. The Kier molecular flexibility index (Phi) is 5.76. The summed E-state index contributed by atoms with van der Waals surface area (Å²) in [5, 5.41) is 5.68. The van der Waals surface area contributed by atoms with Crippen LogP contribution < -0.4 is 16.4 Å². The molecule has 1 aromatic rings. The van der Waals surface area contributed by atoms with E-state index in [-0.39, 0.29) is 11.6 Å². The lowest BCUT2D eigenvalue weighted by Gasteiger charge is -2.20. The van der Waals surface area contributed by atoms with E-state index in [0.29, 0.717) is 18.4 Å². The van der Waals surface area contributed by atoms with E-state index in [0.717, 1.165) is 12.2 Å². The average Bonchev–Trinajstić information content (AvgIpc) is 2.32. The molecule has 0 saturated heterocycles. The largest absolute Gasteiger partial charge is 0.385 e. The van der Waals surface area contributed by atoms with Gasteiger partial charge in [-0.25, -0.2) is 4.39 Å². The van der Waals surface area contributed by atoms with Crippen molar-refractivity contribution in [2.75, 3.05) is 23.7 Å². The van der Waals surface area contributed by atoms with Crippen LogP contribution in [0.4, 0.5) is 15.8 Å². The van der Waals surface area contributed by atoms with Gasteiger partial charge in [-0.1, -0.05) is 13.8 Å². The van der Waals surface area contributed by atoms with Crippen molar-refractivity contribution in [1.29, 1.82) is 0 Å². The molecule has 1 atom stereocenters. The van der Waals surface area contributed by atoms with E-state index in [1.165, 1.54) is 13.0 Å². The first kappa shape index (κ1) is 15.4. The Morgan fingerprint density at radius 2 is 2.11 bits per heavy atom. The lowest BCUT2D eigenvalue weighted by molar-refractivity contribution is -0.114. The minimum absolute atomic E-state index is 0.186. The fourth-order valence-corrected chi connectivity index (χ4v) is 1.76. The number of carbonyl (C=O) groups is 1. The molecule has 5 heteroatoms. The summed E-state index contributed by atoms with van der Waals surface area (Å²) in [6.07, 6.45) is 0. The molecule has 4 N–H and O–H groups in total. The number of rotatable bonds is 6. The second-order valence-electron chi connectivity index (χ2n) is 5.00. The van der Waals surface area contributed by atoms with E-state index < -0.39 is 5.82 Å². The highest BCUT2D eigenvalue weighted by atomic mass is 19.1. The van der Waals surface area contributed by atoms with Crippen LogP contribution >= 0.6 is 0 Å². The van der Waals surface area contributed by atoms with Crippen LogP contribution in [0.5, 0.6) is 0 Å². The number of amides is 1. The van der Waals surface area contributed by atoms with Crippen LogP contribution in [0.3, 0.4) is 0 Å². The number of benzene rings is 1. The van der Waals surface area contributed by atoms with Crippen LogP contribution in [0.25, 0.3) is 0 Å². The van der Waals surface area contributed by atoms with Crippen molar-refractivity contribution in [3.05, 3.63) is 24.0 Å². The van der Waals surface area contributed by atoms with Crippen LogP contribution in [-0.4, -0.2) is 19.0 Å². The van der Waals surface area contributed by atoms with E-state index in [1.54, 1.807) is 12.1 Å². The molecule has 106 valence electrons. The summed E-state index contributed by atoms with van der Waals surface area (Å²) >= 11 is 0. The summed E-state index contributed by atoms with van der Waals surface area (Å²) < 4.78 is 13.5. The Morgan fingerprint density at radius 1 is 1.42 bits per heavy atom. The number of hydrogen-bond acceptors (Lipinski definition) is 3. The molecule has 1 aromatic carbocycles. The maximum absolute atomic E-state index is 13.5. The standard InChI is InChI=1S/C14H22FN3O/c1-9(2)11(7-16)8-17-12-4-5-13(15)14(6-12)18-10(3)19/h4-6,9,11,17H,7-8,16H2,1-3H3,(H,18,19). The van der Waals surface area contributed by atoms with Gasteiger partial charge in [0.05, 0.1) is 5.69 Å². The van der Waals surface area contributed by atoms with Crippen molar-refractivity contribution in [2.24, 2.45) is 17.6 Å². The Morgan fingerprint density at radius 3 is 2.63 bits per heavy atom. The number of anilines is 2. The Balaban J connectivity index is 2.71. The van der Waals surface area contributed by atoms with Gasteiger partial charge < -0.3 is 16.4 Å². The highest BCUT2D eigenvalue weighted by molar-refractivity contribution is 5.89. The number of halogens is 1. The van der Waals surface area contributed by atoms with E-state index in [9.17, 15) is 9.18 Å². The molecule has 0 radical (unpaired) electrons. The van der Waals surface area contributed by atoms with Crippen molar-refractivity contribution in [3.8, 4) is 0 Å². The zero-order chi connectivity index (χ0) is 14.4. The van der Waals surface area contributed by atoms with Crippen LogP contribution in [0.15, 0.2) is 18.2 Å². The topological polar surface area (TPSA) is 67.2 Å². The maximum Gasteiger partial charge on any atom is 0.221 e. The summed E-state index contributed by atoms with van der Waals surface area (Å²) in [7, 11) is 0. The lowest BCUT2D eigenvalue weighted by atomic mass is 9.96. The fourth-order valence-electron chi connectivity index (χ4n) is 1.76. The van der Waals surface area contributed by atoms with Crippen LogP contribution in [-0.2, 0) is 4.79 Å². The molecule has 0 fully saturated rings. The molecule has 0 heterocycles. The molecule has 0 aliphatic heterocycles. The van der Waals surface area contributed by atoms with Crippen LogP contribution in [0.2, 0.25) is 0 Å². The van der Waals surface area contributed by atoms with E-state index >= 15 is 0 Å². The Labute approximate surface area is 113 Å². The van der Waals surface area contributed by atoms with Crippen LogP contribution in [0, 0.1) is 17.7 Å². The maximum atomic E-state index is 13.5. The Hall–Kier alpha value is -1.62. The quantitative estimate of drug-likeness (QED) is 0.741. The third kappa shape index (κ3) is 4.87. The predicted octanol–water partition coefficient (Wildman–Crippen LogP) is 2.43. The van der Waals surface area contributed by atoms with Gasteiger partial charge in [-0.3, -0.25) is 4.79 Å².